The van der Waals surface area contributed by atoms with Gasteiger partial charge in [0.15, 0.2) is 5.79 Å². The topological polar surface area (TPSA) is 84.9 Å². The number of thioether (sulfide) groups is 1. The second-order valence-corrected chi connectivity index (χ2v) is 9.05. The SMILES string of the molecule is CC/C1=C/C(=O)O[C@@H]2CC(CC[C@H](C)/C=C\CC1)O[C@@](O)([C@@H]1CSC(=O)N1)C2. The van der Waals surface area contributed by atoms with Crippen molar-refractivity contribution in [2.45, 2.75) is 82.8 Å². The second kappa shape index (κ2) is 9.46. The van der Waals surface area contributed by atoms with Gasteiger partial charge in [-0.3, -0.25) is 4.79 Å². The van der Waals surface area contributed by atoms with Crippen molar-refractivity contribution in [2.75, 3.05) is 5.75 Å². The minimum Gasteiger partial charge on any atom is -0.459 e. The highest BCUT2D eigenvalue weighted by Gasteiger charge is 2.49. The molecule has 7 heteroatoms. The number of carbonyl (C=O) groups excluding carboxylic acids is 2. The van der Waals surface area contributed by atoms with Gasteiger partial charge in [-0.15, -0.1) is 0 Å². The highest BCUT2D eigenvalue weighted by molar-refractivity contribution is 8.14. The van der Waals surface area contributed by atoms with Gasteiger partial charge in [-0.1, -0.05) is 43.3 Å². The largest absolute Gasteiger partial charge is 0.459 e. The van der Waals surface area contributed by atoms with Gasteiger partial charge < -0.3 is 19.9 Å². The summed E-state index contributed by atoms with van der Waals surface area (Å²) in [6.45, 7) is 4.22. The summed E-state index contributed by atoms with van der Waals surface area (Å²) in [7, 11) is 0. The molecule has 2 bridgehead atoms. The summed E-state index contributed by atoms with van der Waals surface area (Å²) in [5, 5.41) is 13.8. The highest BCUT2D eigenvalue weighted by Crippen LogP contribution is 2.37. The van der Waals surface area contributed by atoms with E-state index in [1.807, 2.05) is 6.92 Å². The van der Waals surface area contributed by atoms with Gasteiger partial charge in [0, 0.05) is 24.7 Å². The lowest BCUT2D eigenvalue weighted by Gasteiger charge is -2.43. The van der Waals surface area contributed by atoms with E-state index in [1.165, 1.54) is 0 Å². The zero-order valence-electron chi connectivity index (χ0n) is 16.7. The average molecular weight is 410 g/mol. The Kier molecular flexibility index (Phi) is 7.23. The zero-order valence-corrected chi connectivity index (χ0v) is 17.5. The number of carbonyl (C=O) groups is 2. The van der Waals surface area contributed by atoms with Crippen molar-refractivity contribution >= 4 is 23.0 Å². The summed E-state index contributed by atoms with van der Waals surface area (Å²) >= 11 is 1.14. The van der Waals surface area contributed by atoms with E-state index >= 15 is 0 Å². The van der Waals surface area contributed by atoms with E-state index in [9.17, 15) is 14.7 Å². The molecule has 0 aromatic carbocycles. The molecule has 0 saturated carbocycles. The molecular weight excluding hydrogens is 378 g/mol. The Balaban J connectivity index is 1.79. The molecule has 5 atom stereocenters. The summed E-state index contributed by atoms with van der Waals surface area (Å²) < 4.78 is 11.8. The van der Waals surface area contributed by atoms with Gasteiger partial charge in [0.2, 0.25) is 0 Å². The lowest BCUT2D eigenvalue weighted by Crippen LogP contribution is -2.58. The third-order valence-electron chi connectivity index (χ3n) is 5.73. The molecule has 2 fully saturated rings. The summed E-state index contributed by atoms with van der Waals surface area (Å²) in [5.41, 5.74) is 1.07. The molecule has 0 aliphatic carbocycles. The number of aliphatic hydroxyl groups is 1. The number of fused-ring (bicyclic) bond motifs is 2. The van der Waals surface area contributed by atoms with Gasteiger partial charge in [0.05, 0.1) is 12.1 Å². The summed E-state index contributed by atoms with van der Waals surface area (Å²) in [5.74, 6) is -1.01. The van der Waals surface area contributed by atoms with Crippen LogP contribution in [0.15, 0.2) is 23.8 Å². The van der Waals surface area contributed by atoms with E-state index in [0.717, 1.165) is 49.4 Å². The molecule has 0 radical (unpaired) electrons. The first-order valence-corrected chi connectivity index (χ1v) is 11.3. The third kappa shape index (κ3) is 5.61. The lowest BCUT2D eigenvalue weighted by molar-refractivity contribution is -0.283. The molecule has 3 heterocycles. The Morgan fingerprint density at radius 1 is 1.32 bits per heavy atom. The van der Waals surface area contributed by atoms with E-state index in [2.05, 4.69) is 24.4 Å². The Bertz CT molecular complexity index is 649. The minimum absolute atomic E-state index is 0.158. The second-order valence-electron chi connectivity index (χ2n) is 8.06. The van der Waals surface area contributed by atoms with E-state index in [1.54, 1.807) is 6.08 Å². The summed E-state index contributed by atoms with van der Waals surface area (Å²) in [6, 6.07) is -0.494. The number of esters is 1. The molecule has 0 spiro atoms. The van der Waals surface area contributed by atoms with Crippen molar-refractivity contribution in [3.05, 3.63) is 23.8 Å². The van der Waals surface area contributed by atoms with Crippen molar-refractivity contribution < 1.29 is 24.2 Å². The molecule has 156 valence electrons. The fourth-order valence-electron chi connectivity index (χ4n) is 4.06. The van der Waals surface area contributed by atoms with Crippen LogP contribution in [0.25, 0.3) is 0 Å². The first-order valence-electron chi connectivity index (χ1n) is 10.3. The van der Waals surface area contributed by atoms with E-state index in [-0.39, 0.29) is 23.7 Å². The van der Waals surface area contributed by atoms with Gasteiger partial charge in [0.25, 0.3) is 5.24 Å². The van der Waals surface area contributed by atoms with Gasteiger partial charge >= 0.3 is 5.97 Å². The molecular formula is C21H31NO5S. The van der Waals surface area contributed by atoms with Crippen LogP contribution in [0, 0.1) is 5.92 Å². The number of nitrogens with one attached hydrogen (secondary N) is 1. The lowest BCUT2D eigenvalue weighted by atomic mass is 9.90. The van der Waals surface area contributed by atoms with Crippen molar-refractivity contribution in [1.29, 1.82) is 0 Å². The first-order chi connectivity index (χ1) is 13.4. The number of rotatable bonds is 2. The highest BCUT2D eigenvalue weighted by atomic mass is 32.2. The van der Waals surface area contributed by atoms with Crippen molar-refractivity contribution in [3.8, 4) is 0 Å². The summed E-state index contributed by atoms with van der Waals surface area (Å²) in [4.78, 5) is 24.1. The van der Waals surface area contributed by atoms with E-state index < -0.39 is 17.9 Å². The van der Waals surface area contributed by atoms with Crippen molar-refractivity contribution in [1.82, 2.24) is 5.32 Å². The van der Waals surface area contributed by atoms with Crippen LogP contribution < -0.4 is 5.32 Å². The summed E-state index contributed by atoms with van der Waals surface area (Å²) in [6.07, 6.45) is 10.4. The van der Waals surface area contributed by atoms with Crippen LogP contribution in [0.2, 0.25) is 0 Å². The first kappa shape index (κ1) is 21.4. The molecule has 3 aliphatic heterocycles. The van der Waals surface area contributed by atoms with Crippen LogP contribution in [0.3, 0.4) is 0 Å². The molecule has 6 nitrogen and oxygen atoms in total. The average Bonchev–Trinajstić information content (AvgIpc) is 3.09. The van der Waals surface area contributed by atoms with Crippen LogP contribution >= 0.6 is 11.8 Å². The normalized spacial score (nSPS) is 40.6. The van der Waals surface area contributed by atoms with Crippen LogP contribution in [-0.4, -0.2) is 46.1 Å². The molecule has 1 amide bonds. The van der Waals surface area contributed by atoms with Crippen LogP contribution in [-0.2, 0) is 14.3 Å². The number of hydrogen-bond acceptors (Lipinski definition) is 6. The third-order valence-corrected chi connectivity index (χ3v) is 6.61. The number of ether oxygens (including phenoxy) is 2. The standard InChI is InChI=1S/C21H31NO5S/c1-3-15-7-5-4-6-14(2)8-9-16-11-17(26-19(23)10-15)12-21(25,27-16)18-13-28-20(24)22-18/h4,6,10,14,16-18,25H,3,5,7-9,11-13H2,1-2H3,(H,22,24)/b6-4-,15-10-/t14-,16?,17-,18+,21-/m1/s1. The Morgan fingerprint density at radius 3 is 2.86 bits per heavy atom. The Morgan fingerprint density at radius 2 is 2.14 bits per heavy atom. The maximum Gasteiger partial charge on any atom is 0.330 e. The number of allylic oxidation sites excluding steroid dienone is 3. The minimum atomic E-state index is -1.51. The quantitative estimate of drug-likeness (QED) is 0.534. The van der Waals surface area contributed by atoms with Crippen LogP contribution in [0.4, 0.5) is 4.79 Å². The molecule has 2 N–H and O–H groups in total. The Labute approximate surface area is 171 Å². The molecule has 0 aromatic rings. The van der Waals surface area contributed by atoms with Gasteiger partial charge in [-0.25, -0.2) is 4.79 Å². The predicted molar refractivity (Wildman–Crippen MR) is 109 cm³/mol. The van der Waals surface area contributed by atoms with Crippen LogP contribution in [0.1, 0.15) is 58.8 Å². The maximum absolute atomic E-state index is 12.4. The van der Waals surface area contributed by atoms with Gasteiger partial charge in [-0.05, 0) is 38.0 Å². The van der Waals surface area contributed by atoms with Crippen molar-refractivity contribution in [2.24, 2.45) is 5.92 Å². The molecule has 3 rings (SSSR count). The maximum atomic E-state index is 12.4. The molecule has 3 aliphatic rings. The molecule has 0 aromatic heterocycles. The fraction of sp³-hybridized carbons (Fsp3) is 0.714. The Hall–Kier alpha value is -1.31. The van der Waals surface area contributed by atoms with E-state index in [4.69, 9.17) is 9.47 Å². The molecule has 1 unspecified atom stereocenters. The predicted octanol–water partition coefficient (Wildman–Crippen LogP) is 3.69. The fourth-order valence-corrected chi connectivity index (χ4v) is 4.95. The van der Waals surface area contributed by atoms with Gasteiger partial charge in [-0.2, -0.15) is 0 Å². The molecule has 28 heavy (non-hydrogen) atoms. The van der Waals surface area contributed by atoms with Crippen LogP contribution in [0.5, 0.6) is 0 Å². The smallest absolute Gasteiger partial charge is 0.330 e. The molecule has 2 saturated heterocycles. The monoisotopic (exact) mass is 409 g/mol. The number of hydrogen-bond donors (Lipinski definition) is 2. The van der Waals surface area contributed by atoms with E-state index in [0.29, 0.717) is 18.1 Å². The zero-order chi connectivity index (χ0) is 20.1. The number of amides is 1. The van der Waals surface area contributed by atoms with Gasteiger partial charge in [0.1, 0.15) is 6.10 Å². The van der Waals surface area contributed by atoms with Crippen molar-refractivity contribution in [3.63, 3.8) is 0 Å².